The number of hydrogen-bond donors (Lipinski definition) is 2. The van der Waals surface area contributed by atoms with Crippen LogP contribution in [0.3, 0.4) is 0 Å². The Labute approximate surface area is 103 Å². The first-order valence-electron chi connectivity index (χ1n) is 5.78. The molecular weight excluding hydrogens is 222 g/mol. The lowest BCUT2D eigenvalue weighted by Crippen LogP contribution is -2.39. The lowest BCUT2D eigenvalue weighted by molar-refractivity contribution is 0.0323. The van der Waals surface area contributed by atoms with Crippen LogP contribution in [-0.2, 0) is 6.54 Å². The van der Waals surface area contributed by atoms with Gasteiger partial charge in [0.05, 0.1) is 5.60 Å². The second-order valence-corrected chi connectivity index (χ2v) is 4.53. The third kappa shape index (κ3) is 3.78. The molecule has 0 fully saturated rings. The summed E-state index contributed by atoms with van der Waals surface area (Å²) in [6.07, 6.45) is 1.53. The average molecular weight is 242 g/mol. The monoisotopic (exact) mass is 241 g/mol. The van der Waals surface area contributed by atoms with Crippen molar-refractivity contribution < 1.29 is 5.11 Å². The zero-order chi connectivity index (χ0) is 12.0. The summed E-state index contributed by atoms with van der Waals surface area (Å²) in [5, 5.41) is 14.1. The molecule has 0 heterocycles. The Balaban J connectivity index is 2.44. The van der Waals surface area contributed by atoms with Gasteiger partial charge < -0.3 is 10.4 Å². The first kappa shape index (κ1) is 13.5. The molecule has 0 aliphatic rings. The van der Waals surface area contributed by atoms with E-state index in [1.54, 1.807) is 0 Å². The maximum Gasteiger partial charge on any atom is 0.0766 e. The summed E-state index contributed by atoms with van der Waals surface area (Å²) in [7, 11) is 0. The molecular formula is C13H20ClNO. The normalized spacial score (nSPS) is 11.8. The van der Waals surface area contributed by atoms with Crippen LogP contribution in [0.4, 0.5) is 0 Å². The fraction of sp³-hybridized carbons (Fsp3) is 0.538. The molecule has 3 heteroatoms. The molecule has 2 nitrogen and oxygen atoms in total. The van der Waals surface area contributed by atoms with Crippen LogP contribution in [0, 0.1) is 0 Å². The molecule has 2 N–H and O–H groups in total. The topological polar surface area (TPSA) is 32.3 Å². The van der Waals surface area contributed by atoms with Crippen molar-refractivity contribution in [2.75, 3.05) is 6.54 Å². The van der Waals surface area contributed by atoms with Crippen LogP contribution in [0.1, 0.15) is 32.3 Å². The Hall–Kier alpha value is -0.570. The standard InChI is InChI=1S/C13H20ClNO/c1-3-13(16,4-2)10-15-9-11-7-5-6-8-12(11)14/h5-8,15-16H,3-4,9-10H2,1-2H3. The lowest BCUT2D eigenvalue weighted by atomic mass is 9.97. The molecule has 0 amide bonds. The minimum atomic E-state index is -0.596. The largest absolute Gasteiger partial charge is 0.389 e. The smallest absolute Gasteiger partial charge is 0.0766 e. The summed E-state index contributed by atoms with van der Waals surface area (Å²) in [6, 6.07) is 7.76. The van der Waals surface area contributed by atoms with E-state index in [0.29, 0.717) is 13.1 Å². The van der Waals surface area contributed by atoms with Crippen LogP contribution in [-0.4, -0.2) is 17.3 Å². The summed E-state index contributed by atoms with van der Waals surface area (Å²) in [4.78, 5) is 0. The third-order valence-corrected chi connectivity index (χ3v) is 3.41. The fourth-order valence-electron chi connectivity index (χ4n) is 1.57. The van der Waals surface area contributed by atoms with E-state index in [1.807, 2.05) is 38.1 Å². The Kier molecular flexibility index (Phi) is 5.26. The molecule has 0 unspecified atom stereocenters. The highest BCUT2D eigenvalue weighted by atomic mass is 35.5. The van der Waals surface area contributed by atoms with Crippen molar-refractivity contribution in [3.8, 4) is 0 Å². The second kappa shape index (κ2) is 6.24. The number of benzene rings is 1. The quantitative estimate of drug-likeness (QED) is 0.803. The van der Waals surface area contributed by atoms with Crippen LogP contribution in [0.2, 0.25) is 5.02 Å². The maximum atomic E-state index is 10.1. The molecule has 90 valence electrons. The summed E-state index contributed by atoms with van der Waals surface area (Å²) in [5.74, 6) is 0. The highest BCUT2D eigenvalue weighted by molar-refractivity contribution is 6.31. The number of aliphatic hydroxyl groups is 1. The van der Waals surface area contributed by atoms with Crippen LogP contribution in [0.25, 0.3) is 0 Å². The van der Waals surface area contributed by atoms with Gasteiger partial charge in [0, 0.05) is 18.1 Å². The molecule has 0 aromatic heterocycles. The van der Waals surface area contributed by atoms with E-state index >= 15 is 0 Å². The van der Waals surface area contributed by atoms with Gasteiger partial charge in [0.2, 0.25) is 0 Å². The Bertz CT molecular complexity index is 323. The van der Waals surface area contributed by atoms with Crippen LogP contribution in [0.5, 0.6) is 0 Å². The second-order valence-electron chi connectivity index (χ2n) is 4.13. The molecule has 0 radical (unpaired) electrons. The molecule has 0 bridgehead atoms. The van der Waals surface area contributed by atoms with Crippen LogP contribution < -0.4 is 5.32 Å². The predicted molar refractivity (Wildman–Crippen MR) is 68.7 cm³/mol. The summed E-state index contributed by atoms with van der Waals surface area (Å²) in [6.45, 7) is 5.30. The molecule has 1 rings (SSSR count). The number of hydrogen-bond acceptors (Lipinski definition) is 2. The van der Waals surface area contributed by atoms with Gasteiger partial charge in [0.25, 0.3) is 0 Å². The summed E-state index contributed by atoms with van der Waals surface area (Å²) in [5.41, 5.74) is 0.472. The lowest BCUT2D eigenvalue weighted by Gasteiger charge is -2.25. The number of halogens is 1. The molecule has 0 atom stereocenters. The first-order chi connectivity index (χ1) is 7.61. The molecule has 16 heavy (non-hydrogen) atoms. The van der Waals surface area contributed by atoms with Crippen LogP contribution >= 0.6 is 11.6 Å². The van der Waals surface area contributed by atoms with Crippen molar-refractivity contribution in [2.45, 2.75) is 38.8 Å². The molecule has 0 spiro atoms. The van der Waals surface area contributed by atoms with E-state index in [9.17, 15) is 5.11 Å². The fourth-order valence-corrected chi connectivity index (χ4v) is 1.77. The molecule has 0 aliphatic carbocycles. The van der Waals surface area contributed by atoms with Crippen LogP contribution in [0.15, 0.2) is 24.3 Å². The van der Waals surface area contributed by atoms with Gasteiger partial charge in [-0.25, -0.2) is 0 Å². The minimum absolute atomic E-state index is 0.596. The van der Waals surface area contributed by atoms with E-state index in [1.165, 1.54) is 0 Å². The van der Waals surface area contributed by atoms with Gasteiger partial charge >= 0.3 is 0 Å². The Morgan fingerprint density at radius 1 is 1.25 bits per heavy atom. The zero-order valence-corrected chi connectivity index (χ0v) is 10.7. The van der Waals surface area contributed by atoms with E-state index in [0.717, 1.165) is 23.4 Å². The van der Waals surface area contributed by atoms with Crippen molar-refractivity contribution in [1.82, 2.24) is 5.32 Å². The van der Waals surface area contributed by atoms with Gasteiger partial charge in [-0.2, -0.15) is 0 Å². The molecule has 0 saturated carbocycles. The number of nitrogens with one attached hydrogen (secondary N) is 1. The zero-order valence-electron chi connectivity index (χ0n) is 9.96. The van der Waals surface area contributed by atoms with Gasteiger partial charge in [0.15, 0.2) is 0 Å². The highest BCUT2D eigenvalue weighted by Gasteiger charge is 2.21. The molecule has 0 saturated heterocycles. The van der Waals surface area contributed by atoms with Crippen molar-refractivity contribution >= 4 is 11.6 Å². The van der Waals surface area contributed by atoms with Gasteiger partial charge in [0.1, 0.15) is 0 Å². The Morgan fingerprint density at radius 2 is 1.88 bits per heavy atom. The van der Waals surface area contributed by atoms with Gasteiger partial charge in [-0.3, -0.25) is 0 Å². The highest BCUT2D eigenvalue weighted by Crippen LogP contribution is 2.16. The van der Waals surface area contributed by atoms with Crippen molar-refractivity contribution in [3.05, 3.63) is 34.9 Å². The number of rotatable bonds is 6. The van der Waals surface area contributed by atoms with E-state index < -0.39 is 5.60 Å². The summed E-state index contributed by atoms with van der Waals surface area (Å²) < 4.78 is 0. The van der Waals surface area contributed by atoms with E-state index in [-0.39, 0.29) is 0 Å². The molecule has 1 aromatic rings. The minimum Gasteiger partial charge on any atom is -0.389 e. The van der Waals surface area contributed by atoms with Crippen molar-refractivity contribution in [1.29, 1.82) is 0 Å². The van der Waals surface area contributed by atoms with Gasteiger partial charge in [-0.15, -0.1) is 0 Å². The van der Waals surface area contributed by atoms with E-state index in [2.05, 4.69) is 5.32 Å². The SMILES string of the molecule is CCC(O)(CC)CNCc1ccccc1Cl. The average Bonchev–Trinajstić information content (AvgIpc) is 2.31. The third-order valence-electron chi connectivity index (χ3n) is 3.04. The maximum absolute atomic E-state index is 10.1. The van der Waals surface area contributed by atoms with Gasteiger partial charge in [-0.1, -0.05) is 43.6 Å². The molecule has 0 aliphatic heterocycles. The molecule has 1 aromatic carbocycles. The first-order valence-corrected chi connectivity index (χ1v) is 6.15. The summed E-state index contributed by atoms with van der Waals surface area (Å²) >= 11 is 6.04. The van der Waals surface area contributed by atoms with Gasteiger partial charge in [-0.05, 0) is 24.5 Å². The predicted octanol–water partition coefficient (Wildman–Crippen LogP) is 2.98. The van der Waals surface area contributed by atoms with Crippen molar-refractivity contribution in [2.24, 2.45) is 0 Å². The van der Waals surface area contributed by atoms with E-state index in [4.69, 9.17) is 11.6 Å². The Morgan fingerprint density at radius 3 is 2.44 bits per heavy atom. The van der Waals surface area contributed by atoms with Crippen molar-refractivity contribution in [3.63, 3.8) is 0 Å².